The first-order valence-corrected chi connectivity index (χ1v) is 10.1. The normalized spacial score (nSPS) is 16.5. The summed E-state index contributed by atoms with van der Waals surface area (Å²) in [6.45, 7) is 0.938. The summed E-state index contributed by atoms with van der Waals surface area (Å²) < 4.78 is 4.10. The summed E-state index contributed by atoms with van der Waals surface area (Å²) in [7, 11) is 8.08. The maximum Gasteiger partial charge on any atom is 0.422 e. The number of carbonyl (C=O) groups excluding carboxylic acids is 1. The Kier molecular flexibility index (Phi) is 5.39. The van der Waals surface area contributed by atoms with Crippen LogP contribution in [0.5, 0.6) is 0 Å². The molecule has 1 N–H and O–H groups in total. The third-order valence-electron chi connectivity index (χ3n) is 5.75. The van der Waals surface area contributed by atoms with Crippen molar-refractivity contribution in [3.63, 3.8) is 0 Å². The van der Waals surface area contributed by atoms with Gasteiger partial charge >= 0.3 is 5.95 Å². The quantitative estimate of drug-likeness (QED) is 0.388. The van der Waals surface area contributed by atoms with E-state index in [4.69, 9.17) is 0 Å². The number of rotatable bonds is 6. The lowest BCUT2D eigenvalue weighted by molar-refractivity contribution is -0.632. The molecule has 3 aromatic rings. The number of nitrogens with zero attached hydrogens (tertiary/aromatic N) is 6. The van der Waals surface area contributed by atoms with Gasteiger partial charge in [0.1, 0.15) is 22.9 Å². The van der Waals surface area contributed by atoms with E-state index in [0.717, 1.165) is 59.8 Å². The maximum absolute atomic E-state index is 10.8. The monoisotopic (exact) mass is 406 g/mol. The molecule has 2 aromatic carbocycles. The van der Waals surface area contributed by atoms with Crippen LogP contribution in [0.1, 0.15) is 12.8 Å². The number of imidazole rings is 1. The van der Waals surface area contributed by atoms with Crippen molar-refractivity contribution in [2.45, 2.75) is 19.0 Å². The van der Waals surface area contributed by atoms with Gasteiger partial charge in [-0.05, 0) is 49.2 Å². The number of azo groups is 1. The summed E-state index contributed by atoms with van der Waals surface area (Å²) in [5.41, 5.74) is 5.23. The highest BCUT2D eigenvalue weighted by Crippen LogP contribution is 2.28. The number of aryl methyl sites for hydroxylation is 2. The number of fused-ring (bicyclic) bond motifs is 1. The standard InChI is InChI=1S/C22H27N7O/c1-26(2)18-11-12-19-20(14-18)28(4)22(27(19)3)25-24-16-7-9-17(10-8-16)29-13-5-6-21(29)23-15-30/h7-12,14-15,21H,5-6,13H2,1-4H3/p+1. The van der Waals surface area contributed by atoms with E-state index in [9.17, 15) is 4.79 Å². The molecule has 8 nitrogen and oxygen atoms in total. The summed E-state index contributed by atoms with van der Waals surface area (Å²) in [6, 6.07) is 14.4. The van der Waals surface area contributed by atoms with Crippen LogP contribution >= 0.6 is 0 Å². The lowest BCUT2D eigenvalue weighted by Gasteiger charge is -2.26. The van der Waals surface area contributed by atoms with E-state index in [1.54, 1.807) is 0 Å². The molecule has 1 aliphatic heterocycles. The Hall–Kier alpha value is -3.42. The number of aromatic nitrogens is 2. The van der Waals surface area contributed by atoms with Crippen LogP contribution in [0.4, 0.5) is 23.0 Å². The van der Waals surface area contributed by atoms with E-state index >= 15 is 0 Å². The van der Waals surface area contributed by atoms with Crippen LogP contribution in [-0.4, -0.2) is 37.8 Å². The fourth-order valence-corrected chi connectivity index (χ4v) is 4.06. The molecule has 0 bridgehead atoms. The Morgan fingerprint density at radius 2 is 1.93 bits per heavy atom. The molecule has 0 saturated carbocycles. The molecular formula is C22H28N7O+. The molecule has 156 valence electrons. The first kappa shape index (κ1) is 19.9. The predicted octanol–water partition coefficient (Wildman–Crippen LogP) is 3.16. The number of hydrogen-bond donors (Lipinski definition) is 1. The molecule has 2 heterocycles. The molecule has 0 aliphatic carbocycles. The molecule has 1 fully saturated rings. The van der Waals surface area contributed by atoms with Gasteiger partial charge in [-0.15, -0.1) is 0 Å². The van der Waals surface area contributed by atoms with Crippen LogP contribution in [0.25, 0.3) is 11.0 Å². The molecule has 30 heavy (non-hydrogen) atoms. The van der Waals surface area contributed by atoms with Crippen molar-refractivity contribution in [2.24, 2.45) is 24.3 Å². The second-order valence-corrected chi connectivity index (χ2v) is 7.84. The molecule has 1 saturated heterocycles. The first-order chi connectivity index (χ1) is 14.5. The van der Waals surface area contributed by atoms with Crippen LogP contribution in [0.15, 0.2) is 52.7 Å². The van der Waals surface area contributed by atoms with Crippen molar-refractivity contribution in [1.29, 1.82) is 0 Å². The molecule has 1 aromatic heterocycles. The molecule has 1 amide bonds. The summed E-state index contributed by atoms with van der Waals surface area (Å²) in [5.74, 6) is 0.778. The minimum atomic E-state index is 0.0666. The smallest absolute Gasteiger partial charge is 0.378 e. The molecule has 1 unspecified atom stereocenters. The second kappa shape index (κ2) is 8.14. The van der Waals surface area contributed by atoms with Gasteiger partial charge in [0, 0.05) is 43.2 Å². The SMILES string of the molecule is CN(C)c1ccc2c(c1)n(C)c(N=Nc1ccc(N3CCCC3NC=O)cc1)[n+]2C. The lowest BCUT2D eigenvalue weighted by Crippen LogP contribution is -2.40. The number of benzene rings is 2. The Morgan fingerprint density at radius 3 is 2.63 bits per heavy atom. The van der Waals surface area contributed by atoms with Crippen molar-refractivity contribution in [3.8, 4) is 0 Å². The fourth-order valence-electron chi connectivity index (χ4n) is 4.06. The fraction of sp³-hybridized carbons (Fsp3) is 0.364. The average molecular weight is 407 g/mol. The maximum atomic E-state index is 10.8. The van der Waals surface area contributed by atoms with Gasteiger partial charge in [-0.2, -0.15) is 0 Å². The van der Waals surface area contributed by atoms with Gasteiger partial charge in [0.2, 0.25) is 6.41 Å². The van der Waals surface area contributed by atoms with Gasteiger partial charge in [0.05, 0.1) is 14.1 Å². The molecule has 0 radical (unpaired) electrons. The number of carbonyl (C=O) groups is 1. The van der Waals surface area contributed by atoms with E-state index in [1.165, 1.54) is 0 Å². The van der Waals surface area contributed by atoms with E-state index in [-0.39, 0.29) is 6.17 Å². The van der Waals surface area contributed by atoms with Gasteiger partial charge < -0.3 is 15.1 Å². The molecule has 8 heteroatoms. The molecule has 4 rings (SSSR count). The van der Waals surface area contributed by atoms with E-state index in [1.807, 2.05) is 57.0 Å². The Balaban J connectivity index is 1.58. The topological polar surface area (TPSA) is 69.1 Å². The number of amides is 1. The van der Waals surface area contributed by atoms with Crippen LogP contribution in [0, 0.1) is 0 Å². The van der Waals surface area contributed by atoms with Crippen molar-refractivity contribution in [2.75, 3.05) is 30.4 Å². The van der Waals surface area contributed by atoms with Gasteiger partial charge in [-0.1, -0.05) is 5.11 Å². The van der Waals surface area contributed by atoms with Crippen molar-refractivity contribution in [1.82, 2.24) is 9.88 Å². The highest BCUT2D eigenvalue weighted by atomic mass is 16.1. The number of nitrogens with one attached hydrogen (secondary N) is 1. The largest absolute Gasteiger partial charge is 0.422 e. The molecule has 0 spiro atoms. The minimum Gasteiger partial charge on any atom is -0.378 e. The van der Waals surface area contributed by atoms with E-state index in [2.05, 4.69) is 48.1 Å². The zero-order valence-electron chi connectivity index (χ0n) is 17.9. The van der Waals surface area contributed by atoms with Crippen molar-refractivity contribution in [3.05, 3.63) is 42.5 Å². The highest BCUT2D eigenvalue weighted by molar-refractivity contribution is 5.78. The van der Waals surface area contributed by atoms with Crippen LogP contribution in [0.3, 0.4) is 0 Å². The number of anilines is 2. The summed E-state index contributed by atoms with van der Waals surface area (Å²) in [6.07, 6.45) is 2.88. The Labute approximate surface area is 176 Å². The van der Waals surface area contributed by atoms with Gasteiger partial charge in [-0.3, -0.25) is 4.79 Å². The third-order valence-corrected chi connectivity index (χ3v) is 5.75. The van der Waals surface area contributed by atoms with E-state index in [0.29, 0.717) is 0 Å². The van der Waals surface area contributed by atoms with Crippen molar-refractivity contribution >= 4 is 40.5 Å². The second-order valence-electron chi connectivity index (χ2n) is 7.84. The van der Waals surface area contributed by atoms with Crippen LogP contribution < -0.4 is 19.7 Å². The number of hydrogen-bond acceptors (Lipinski definition) is 5. The van der Waals surface area contributed by atoms with Crippen LogP contribution in [-0.2, 0) is 18.9 Å². The lowest BCUT2D eigenvalue weighted by atomic mass is 10.2. The Morgan fingerprint density at radius 1 is 1.17 bits per heavy atom. The molecule has 1 atom stereocenters. The van der Waals surface area contributed by atoms with Gasteiger partial charge in [-0.25, -0.2) is 9.13 Å². The third kappa shape index (κ3) is 3.60. The Bertz CT molecular complexity index is 1090. The average Bonchev–Trinajstić information content (AvgIpc) is 3.30. The summed E-state index contributed by atoms with van der Waals surface area (Å²) in [4.78, 5) is 15.1. The van der Waals surface area contributed by atoms with Gasteiger partial charge in [0.15, 0.2) is 0 Å². The van der Waals surface area contributed by atoms with Crippen LogP contribution in [0.2, 0.25) is 0 Å². The van der Waals surface area contributed by atoms with Crippen molar-refractivity contribution < 1.29 is 9.36 Å². The highest BCUT2D eigenvalue weighted by Gasteiger charge is 2.24. The first-order valence-electron chi connectivity index (χ1n) is 10.1. The zero-order chi connectivity index (χ0) is 21.3. The van der Waals surface area contributed by atoms with Gasteiger partial charge in [0.25, 0.3) is 0 Å². The predicted molar refractivity (Wildman–Crippen MR) is 119 cm³/mol. The summed E-state index contributed by atoms with van der Waals surface area (Å²) in [5, 5.41) is 11.9. The zero-order valence-corrected chi connectivity index (χ0v) is 17.9. The summed E-state index contributed by atoms with van der Waals surface area (Å²) >= 11 is 0. The molecule has 1 aliphatic rings. The minimum absolute atomic E-state index is 0.0666. The molecular weight excluding hydrogens is 378 g/mol. The van der Waals surface area contributed by atoms with E-state index < -0.39 is 0 Å².